The van der Waals surface area contributed by atoms with Crippen molar-refractivity contribution < 1.29 is 4.79 Å². The Bertz CT molecular complexity index is 1720. The fourth-order valence-corrected chi connectivity index (χ4v) is 4.81. The highest BCUT2D eigenvalue weighted by molar-refractivity contribution is 6.42. The fourth-order valence-electron chi connectivity index (χ4n) is 4.81. The Hall–Kier alpha value is -5.11. The van der Waals surface area contributed by atoms with Crippen LogP contribution >= 0.6 is 0 Å². The van der Waals surface area contributed by atoms with E-state index < -0.39 is 5.92 Å². The summed E-state index contributed by atoms with van der Waals surface area (Å²) in [5, 5.41) is 11.3. The molecule has 6 rings (SSSR count). The fraction of sp³-hybridized carbons (Fsp3) is 0.100. The standard InChI is InChI=1S/C30H24N6O2/c1-19(37)27-25(26-29(31-20(2)32-30(26)38)36(34-27)23-16-10-5-11-17-23)24-18-35(22-14-8-4-9-15-22)33-28(24)21-12-6-3-7-13-21/h3-18,25H,1-2H3,(H,31,32,38). The predicted octanol–water partition coefficient (Wildman–Crippen LogP) is 5.16. The van der Waals surface area contributed by atoms with Gasteiger partial charge in [-0.2, -0.15) is 10.2 Å². The van der Waals surface area contributed by atoms with E-state index in [1.165, 1.54) is 6.92 Å². The molecule has 3 aromatic carbocycles. The minimum Gasteiger partial charge on any atom is -0.310 e. The topological polar surface area (TPSA) is 96.2 Å². The van der Waals surface area contributed by atoms with Gasteiger partial charge in [-0.05, 0) is 31.2 Å². The molecule has 0 saturated heterocycles. The second kappa shape index (κ2) is 9.40. The van der Waals surface area contributed by atoms with Crippen LogP contribution in [0.3, 0.4) is 0 Å². The lowest BCUT2D eigenvalue weighted by Gasteiger charge is -2.31. The number of benzene rings is 3. The van der Waals surface area contributed by atoms with Gasteiger partial charge in [0, 0.05) is 24.2 Å². The largest absolute Gasteiger partial charge is 0.310 e. The third-order valence-corrected chi connectivity index (χ3v) is 6.51. The van der Waals surface area contributed by atoms with Crippen molar-refractivity contribution in [3.05, 3.63) is 124 Å². The number of ketones is 1. The van der Waals surface area contributed by atoms with Gasteiger partial charge >= 0.3 is 0 Å². The summed E-state index contributed by atoms with van der Waals surface area (Å²) in [5.41, 5.74) is 4.04. The maximum atomic E-state index is 13.6. The number of aromatic nitrogens is 4. The van der Waals surface area contributed by atoms with Crippen molar-refractivity contribution in [2.75, 3.05) is 5.01 Å². The Morgan fingerprint density at radius 3 is 2.11 bits per heavy atom. The van der Waals surface area contributed by atoms with E-state index in [0.717, 1.165) is 11.3 Å². The number of hydrazone groups is 1. The maximum Gasteiger partial charge on any atom is 0.257 e. The molecule has 0 saturated carbocycles. The molecule has 1 atom stereocenters. The predicted molar refractivity (Wildman–Crippen MR) is 147 cm³/mol. The van der Waals surface area contributed by atoms with Gasteiger partial charge in [-0.1, -0.05) is 66.7 Å². The molecule has 0 bridgehead atoms. The van der Waals surface area contributed by atoms with E-state index in [2.05, 4.69) is 4.98 Å². The lowest BCUT2D eigenvalue weighted by atomic mass is 9.84. The quantitative estimate of drug-likeness (QED) is 0.360. The Morgan fingerprint density at radius 2 is 1.47 bits per heavy atom. The summed E-state index contributed by atoms with van der Waals surface area (Å²) in [6.07, 6.45) is 1.88. The molecule has 8 heteroatoms. The van der Waals surface area contributed by atoms with Crippen LogP contribution in [0.2, 0.25) is 0 Å². The highest BCUT2D eigenvalue weighted by Gasteiger charge is 2.39. The summed E-state index contributed by atoms with van der Waals surface area (Å²) in [6.45, 7) is 3.20. The molecular weight excluding hydrogens is 476 g/mol. The van der Waals surface area contributed by atoms with Crippen molar-refractivity contribution >= 4 is 23.0 Å². The van der Waals surface area contributed by atoms with Crippen molar-refractivity contribution in [1.29, 1.82) is 0 Å². The summed E-state index contributed by atoms with van der Waals surface area (Å²) in [7, 11) is 0. The Morgan fingerprint density at radius 1 is 0.868 bits per heavy atom. The van der Waals surface area contributed by atoms with E-state index in [9.17, 15) is 9.59 Å². The van der Waals surface area contributed by atoms with Crippen LogP contribution in [0.1, 0.15) is 29.8 Å². The first kappa shape index (κ1) is 23.3. The monoisotopic (exact) mass is 500 g/mol. The third-order valence-electron chi connectivity index (χ3n) is 6.51. The average Bonchev–Trinajstić information content (AvgIpc) is 3.39. The van der Waals surface area contributed by atoms with Gasteiger partial charge in [-0.25, -0.2) is 14.7 Å². The number of carbonyl (C=O) groups excluding carboxylic acids is 1. The van der Waals surface area contributed by atoms with Crippen LogP contribution in [0.5, 0.6) is 0 Å². The van der Waals surface area contributed by atoms with E-state index in [-0.39, 0.29) is 17.1 Å². The van der Waals surface area contributed by atoms with Gasteiger partial charge in [0.25, 0.3) is 5.56 Å². The number of aryl methyl sites for hydroxylation is 1. The molecule has 5 aromatic rings. The highest BCUT2D eigenvalue weighted by atomic mass is 16.1. The summed E-state index contributed by atoms with van der Waals surface area (Å²) in [4.78, 5) is 34.3. The molecule has 186 valence electrons. The molecule has 0 radical (unpaired) electrons. The molecule has 1 aliphatic rings. The van der Waals surface area contributed by atoms with Crippen LogP contribution in [0.4, 0.5) is 11.5 Å². The number of nitrogens with zero attached hydrogens (tertiary/aromatic N) is 5. The van der Waals surface area contributed by atoms with Gasteiger partial charge < -0.3 is 4.98 Å². The van der Waals surface area contributed by atoms with Gasteiger partial charge in [0.15, 0.2) is 11.6 Å². The van der Waals surface area contributed by atoms with Gasteiger partial charge in [-0.15, -0.1) is 0 Å². The molecule has 1 aliphatic heterocycles. The molecule has 0 spiro atoms. The van der Waals surface area contributed by atoms with Crippen molar-refractivity contribution in [1.82, 2.24) is 19.7 Å². The van der Waals surface area contributed by atoms with Crippen molar-refractivity contribution in [2.45, 2.75) is 19.8 Å². The number of aromatic amines is 1. The number of anilines is 2. The van der Waals surface area contributed by atoms with Crippen LogP contribution in [-0.2, 0) is 4.79 Å². The third kappa shape index (κ3) is 4.02. The van der Waals surface area contributed by atoms with Crippen LogP contribution < -0.4 is 10.6 Å². The molecule has 2 aromatic heterocycles. The molecule has 1 unspecified atom stereocenters. The van der Waals surface area contributed by atoms with E-state index >= 15 is 0 Å². The number of rotatable bonds is 5. The normalized spacial score (nSPS) is 14.6. The van der Waals surface area contributed by atoms with Crippen LogP contribution in [0.25, 0.3) is 16.9 Å². The zero-order valence-corrected chi connectivity index (χ0v) is 20.9. The summed E-state index contributed by atoms with van der Waals surface area (Å²) >= 11 is 0. The lowest BCUT2D eigenvalue weighted by molar-refractivity contribution is -0.111. The Labute approximate surface area is 218 Å². The summed E-state index contributed by atoms with van der Waals surface area (Å²) < 4.78 is 1.77. The minimum atomic E-state index is -0.771. The Kier molecular flexibility index (Phi) is 5.76. The summed E-state index contributed by atoms with van der Waals surface area (Å²) in [6, 6.07) is 28.8. The highest BCUT2D eigenvalue weighted by Crippen LogP contribution is 2.41. The zero-order valence-electron chi connectivity index (χ0n) is 20.9. The van der Waals surface area contributed by atoms with Crippen LogP contribution in [-0.4, -0.2) is 31.2 Å². The van der Waals surface area contributed by atoms with Crippen LogP contribution in [0.15, 0.2) is 107 Å². The van der Waals surface area contributed by atoms with Gasteiger partial charge in [0.05, 0.1) is 28.6 Å². The zero-order chi connectivity index (χ0) is 26.2. The van der Waals surface area contributed by atoms with Crippen molar-refractivity contribution in [3.63, 3.8) is 0 Å². The average molecular weight is 501 g/mol. The minimum absolute atomic E-state index is 0.238. The number of nitrogens with one attached hydrogen (secondary N) is 1. The number of H-pyrrole nitrogens is 1. The molecule has 0 fully saturated rings. The maximum absolute atomic E-state index is 13.6. The van der Waals surface area contributed by atoms with Gasteiger partial charge in [0.2, 0.25) is 0 Å². The smallest absolute Gasteiger partial charge is 0.257 e. The Balaban J connectivity index is 1.65. The molecule has 8 nitrogen and oxygen atoms in total. The first-order valence-electron chi connectivity index (χ1n) is 12.3. The van der Waals surface area contributed by atoms with Crippen LogP contribution in [0, 0.1) is 6.92 Å². The second-order valence-corrected chi connectivity index (χ2v) is 9.09. The van der Waals surface area contributed by atoms with E-state index in [4.69, 9.17) is 15.2 Å². The number of hydrogen-bond donors (Lipinski definition) is 1. The molecular formula is C30H24N6O2. The number of hydrogen-bond acceptors (Lipinski definition) is 6. The number of para-hydroxylation sites is 2. The molecule has 3 heterocycles. The number of carbonyl (C=O) groups is 1. The number of fused-ring (bicyclic) bond motifs is 1. The molecule has 0 amide bonds. The second-order valence-electron chi connectivity index (χ2n) is 9.09. The first-order valence-corrected chi connectivity index (χ1v) is 12.3. The lowest BCUT2D eigenvalue weighted by Crippen LogP contribution is -2.36. The SMILES string of the molecule is CC(=O)C1=NN(c2ccccc2)c2nc(C)[nH]c(=O)c2C1c1cn(-c2ccccc2)nc1-c1ccccc1. The van der Waals surface area contributed by atoms with E-state index in [1.54, 1.807) is 16.6 Å². The van der Waals surface area contributed by atoms with Crippen molar-refractivity contribution in [2.24, 2.45) is 5.10 Å². The molecule has 1 N–H and O–H groups in total. The van der Waals surface area contributed by atoms with Gasteiger partial charge in [-0.3, -0.25) is 9.59 Å². The number of Topliss-reactive ketones (excluding diaryl/α,β-unsaturated/α-hetero) is 1. The van der Waals surface area contributed by atoms with Gasteiger partial charge in [0.1, 0.15) is 11.5 Å². The van der Waals surface area contributed by atoms with E-state index in [0.29, 0.717) is 34.2 Å². The molecule has 0 aliphatic carbocycles. The first-order chi connectivity index (χ1) is 18.5. The summed E-state index contributed by atoms with van der Waals surface area (Å²) in [5.74, 6) is -0.169. The molecule has 38 heavy (non-hydrogen) atoms. The van der Waals surface area contributed by atoms with Crippen molar-refractivity contribution in [3.8, 4) is 16.9 Å². The van der Waals surface area contributed by atoms with E-state index in [1.807, 2.05) is 97.2 Å².